The molecule has 0 aromatic heterocycles. The van der Waals surface area contributed by atoms with E-state index in [0.29, 0.717) is 47.9 Å². The molecule has 1 amide bonds. The van der Waals surface area contributed by atoms with Crippen molar-refractivity contribution in [3.05, 3.63) is 71.8 Å². The molecule has 8 heteroatoms. The van der Waals surface area contributed by atoms with E-state index < -0.39 is 17.7 Å². The van der Waals surface area contributed by atoms with Crippen molar-refractivity contribution in [1.29, 1.82) is 0 Å². The number of benzene rings is 2. The number of carbonyl (C=O) groups is 2. The Hall–Kier alpha value is -3.78. The zero-order chi connectivity index (χ0) is 24.2. The fourth-order valence-corrected chi connectivity index (χ4v) is 4.12. The van der Waals surface area contributed by atoms with Gasteiger partial charge in [-0.15, -0.1) is 0 Å². The highest BCUT2D eigenvalue weighted by atomic mass is 16.7. The number of carbonyl (C=O) groups excluding carboxylic acids is 2. The Bertz CT molecular complexity index is 1120. The van der Waals surface area contributed by atoms with Crippen LogP contribution < -0.4 is 14.2 Å². The minimum absolute atomic E-state index is 0.0495. The quantitative estimate of drug-likeness (QED) is 0.264. The fraction of sp³-hybridized carbons (Fsp3) is 0.308. The second-order valence-electron chi connectivity index (χ2n) is 8.39. The summed E-state index contributed by atoms with van der Waals surface area (Å²) in [5, 5.41) is 11.2. The van der Waals surface area contributed by atoms with Gasteiger partial charge in [0.15, 0.2) is 11.5 Å². The second kappa shape index (κ2) is 10.0. The van der Waals surface area contributed by atoms with Crippen molar-refractivity contribution in [1.82, 2.24) is 9.80 Å². The van der Waals surface area contributed by atoms with Gasteiger partial charge in [0.05, 0.1) is 11.6 Å². The molecule has 2 aromatic carbocycles. The van der Waals surface area contributed by atoms with Crippen molar-refractivity contribution in [2.45, 2.75) is 12.5 Å². The zero-order valence-corrected chi connectivity index (χ0v) is 19.3. The Morgan fingerprint density at radius 3 is 2.62 bits per heavy atom. The maximum Gasteiger partial charge on any atom is 0.295 e. The minimum atomic E-state index is -0.721. The summed E-state index contributed by atoms with van der Waals surface area (Å²) in [5.74, 6) is 0.0969. The van der Waals surface area contributed by atoms with Gasteiger partial charge >= 0.3 is 0 Å². The summed E-state index contributed by atoms with van der Waals surface area (Å²) >= 11 is 0. The molecule has 1 saturated heterocycles. The molecule has 8 nitrogen and oxygen atoms in total. The van der Waals surface area contributed by atoms with Gasteiger partial charge in [0.1, 0.15) is 18.1 Å². The number of hydrogen-bond acceptors (Lipinski definition) is 7. The molecule has 2 aromatic rings. The van der Waals surface area contributed by atoms with Crippen LogP contribution in [0.25, 0.3) is 5.76 Å². The van der Waals surface area contributed by atoms with Gasteiger partial charge < -0.3 is 29.1 Å². The molecule has 0 spiro atoms. The van der Waals surface area contributed by atoms with E-state index in [1.807, 2.05) is 19.0 Å². The van der Waals surface area contributed by atoms with Gasteiger partial charge in [0, 0.05) is 12.1 Å². The third-order valence-electron chi connectivity index (χ3n) is 5.75. The van der Waals surface area contributed by atoms with E-state index >= 15 is 0 Å². The molecule has 0 radical (unpaired) electrons. The first-order valence-electron chi connectivity index (χ1n) is 11.1. The average Bonchev–Trinajstić information content (AvgIpc) is 3.40. The molecule has 0 bridgehead atoms. The van der Waals surface area contributed by atoms with Crippen LogP contribution >= 0.6 is 0 Å². The lowest BCUT2D eigenvalue weighted by molar-refractivity contribution is -0.139. The van der Waals surface area contributed by atoms with E-state index in [1.165, 1.54) is 4.90 Å². The third kappa shape index (κ3) is 4.63. The van der Waals surface area contributed by atoms with Crippen LogP contribution in [-0.4, -0.2) is 67.2 Å². The molecule has 1 N–H and O–H groups in total. The number of hydrogen-bond donors (Lipinski definition) is 1. The summed E-state index contributed by atoms with van der Waals surface area (Å²) in [6.45, 7) is 5.23. The summed E-state index contributed by atoms with van der Waals surface area (Å²) in [4.78, 5) is 29.7. The highest BCUT2D eigenvalue weighted by Crippen LogP contribution is 2.41. The molecule has 2 aliphatic heterocycles. The predicted molar refractivity (Wildman–Crippen MR) is 127 cm³/mol. The summed E-state index contributed by atoms with van der Waals surface area (Å²) < 4.78 is 16.3. The smallest absolute Gasteiger partial charge is 0.295 e. The SMILES string of the molecule is C=CCOc1ccc(C2/C(=C(/O)c3ccc4c(c3)OCO4)C(=O)C(=O)N2CCCN(C)C)cc1. The monoisotopic (exact) mass is 464 g/mol. The number of Topliss-reactive ketones (excluding diaryl/α,β-unsaturated/α-hetero) is 1. The molecule has 1 atom stereocenters. The Balaban J connectivity index is 1.74. The number of amides is 1. The number of ether oxygens (including phenoxy) is 3. The Kier molecular flexibility index (Phi) is 6.88. The van der Waals surface area contributed by atoms with Gasteiger partial charge in [-0.2, -0.15) is 0 Å². The van der Waals surface area contributed by atoms with Crippen LogP contribution in [0.4, 0.5) is 0 Å². The minimum Gasteiger partial charge on any atom is -0.507 e. The van der Waals surface area contributed by atoms with E-state index in [2.05, 4.69) is 6.58 Å². The van der Waals surface area contributed by atoms with Crippen molar-refractivity contribution in [3.8, 4) is 17.2 Å². The van der Waals surface area contributed by atoms with Crippen molar-refractivity contribution >= 4 is 17.4 Å². The summed E-state index contributed by atoms with van der Waals surface area (Å²) in [6, 6.07) is 11.4. The van der Waals surface area contributed by atoms with Gasteiger partial charge in [0.2, 0.25) is 6.79 Å². The lowest BCUT2D eigenvalue weighted by atomic mass is 9.95. The normalized spacial score (nSPS) is 18.6. The van der Waals surface area contributed by atoms with Crippen LogP contribution in [0.15, 0.2) is 60.7 Å². The highest BCUT2D eigenvalue weighted by molar-refractivity contribution is 6.46. The number of aliphatic hydroxyl groups excluding tert-OH is 1. The van der Waals surface area contributed by atoms with Gasteiger partial charge in [-0.05, 0) is 63.0 Å². The van der Waals surface area contributed by atoms with Gasteiger partial charge in [-0.3, -0.25) is 9.59 Å². The van der Waals surface area contributed by atoms with Crippen molar-refractivity contribution in [2.75, 3.05) is 40.6 Å². The molecule has 2 heterocycles. The van der Waals surface area contributed by atoms with Crippen molar-refractivity contribution < 1.29 is 28.9 Å². The summed E-state index contributed by atoms with van der Waals surface area (Å²) in [5.41, 5.74) is 1.14. The van der Waals surface area contributed by atoms with Gasteiger partial charge in [0.25, 0.3) is 11.7 Å². The fourth-order valence-electron chi connectivity index (χ4n) is 4.12. The topological polar surface area (TPSA) is 88.5 Å². The van der Waals surface area contributed by atoms with E-state index in [0.717, 1.165) is 6.54 Å². The lowest BCUT2D eigenvalue weighted by Gasteiger charge is -2.26. The molecule has 0 aliphatic carbocycles. The third-order valence-corrected chi connectivity index (χ3v) is 5.75. The van der Waals surface area contributed by atoms with Gasteiger partial charge in [-0.25, -0.2) is 0 Å². The number of fused-ring (bicyclic) bond motifs is 1. The van der Waals surface area contributed by atoms with E-state index in [1.54, 1.807) is 48.5 Å². The first-order valence-corrected chi connectivity index (χ1v) is 11.1. The van der Waals surface area contributed by atoms with Crippen molar-refractivity contribution in [3.63, 3.8) is 0 Å². The van der Waals surface area contributed by atoms with Crippen LogP contribution in [0.5, 0.6) is 17.2 Å². The molecule has 4 rings (SSSR count). The first kappa shape index (κ1) is 23.4. The molecule has 1 unspecified atom stereocenters. The van der Waals surface area contributed by atoms with E-state index in [4.69, 9.17) is 14.2 Å². The zero-order valence-electron chi connectivity index (χ0n) is 19.3. The average molecular weight is 465 g/mol. The predicted octanol–water partition coefficient (Wildman–Crippen LogP) is 3.35. The van der Waals surface area contributed by atoms with Crippen LogP contribution in [0, 0.1) is 0 Å². The van der Waals surface area contributed by atoms with E-state index in [9.17, 15) is 14.7 Å². The Morgan fingerprint density at radius 1 is 1.18 bits per heavy atom. The van der Waals surface area contributed by atoms with Crippen LogP contribution in [-0.2, 0) is 9.59 Å². The molecule has 178 valence electrons. The van der Waals surface area contributed by atoms with Gasteiger partial charge in [-0.1, -0.05) is 24.8 Å². The number of aliphatic hydroxyl groups is 1. The highest BCUT2D eigenvalue weighted by Gasteiger charge is 2.45. The number of rotatable bonds is 9. The van der Waals surface area contributed by atoms with Crippen LogP contribution in [0.3, 0.4) is 0 Å². The summed E-state index contributed by atoms with van der Waals surface area (Å²) in [6.07, 6.45) is 2.33. The number of likely N-dealkylation sites (tertiary alicyclic amines) is 1. The first-order chi connectivity index (χ1) is 16.4. The van der Waals surface area contributed by atoms with E-state index in [-0.39, 0.29) is 18.1 Å². The molecule has 0 saturated carbocycles. The summed E-state index contributed by atoms with van der Waals surface area (Å²) in [7, 11) is 3.90. The number of ketones is 1. The van der Waals surface area contributed by atoms with Crippen LogP contribution in [0.2, 0.25) is 0 Å². The largest absolute Gasteiger partial charge is 0.507 e. The maximum absolute atomic E-state index is 13.1. The Morgan fingerprint density at radius 2 is 1.91 bits per heavy atom. The molecule has 2 aliphatic rings. The molecular weight excluding hydrogens is 436 g/mol. The van der Waals surface area contributed by atoms with Crippen molar-refractivity contribution in [2.24, 2.45) is 0 Å². The molecule has 34 heavy (non-hydrogen) atoms. The maximum atomic E-state index is 13.1. The number of nitrogens with zero attached hydrogens (tertiary/aromatic N) is 2. The molecular formula is C26H28N2O6. The Labute approximate surface area is 198 Å². The van der Waals surface area contributed by atoms with Crippen LogP contribution in [0.1, 0.15) is 23.6 Å². The molecule has 1 fully saturated rings. The second-order valence-corrected chi connectivity index (χ2v) is 8.39. The lowest BCUT2D eigenvalue weighted by Crippen LogP contribution is -2.32. The standard InChI is InChI=1S/C26H28N2O6/c1-4-14-32-19-9-6-17(7-10-19)23-22(25(30)26(31)28(23)13-5-12-27(2)3)24(29)18-8-11-20-21(15-18)34-16-33-20/h4,6-11,15,23,29H,1,5,12-14,16H2,2-3H3/b24-22-.